The number of rotatable bonds is 11. The van der Waals surface area contributed by atoms with Crippen molar-refractivity contribution in [2.75, 3.05) is 38.5 Å². The molecule has 1 rings (SSSR count). The van der Waals surface area contributed by atoms with Gasteiger partial charge in [0.2, 0.25) is 10.0 Å². The Morgan fingerprint density at radius 1 is 1.12 bits per heavy atom. The first-order valence-electron chi connectivity index (χ1n) is 9.18. The van der Waals surface area contributed by atoms with Crippen LogP contribution in [0.1, 0.15) is 52.4 Å². The molecule has 3 N–H and O–H groups in total. The minimum atomic E-state index is -3.13. The third-order valence-electron chi connectivity index (χ3n) is 3.94. The summed E-state index contributed by atoms with van der Waals surface area (Å²) >= 11 is 0. The zero-order valence-corrected chi connectivity index (χ0v) is 16.0. The highest BCUT2D eigenvalue weighted by Crippen LogP contribution is 2.20. The second kappa shape index (κ2) is 12.5. The van der Waals surface area contributed by atoms with E-state index in [1.54, 1.807) is 6.92 Å². The molecule has 0 atom stereocenters. The summed E-state index contributed by atoms with van der Waals surface area (Å²) < 4.78 is 31.1. The van der Waals surface area contributed by atoms with E-state index in [0.29, 0.717) is 31.7 Å². The molecule has 0 unspecified atom stereocenters. The first-order chi connectivity index (χ1) is 11.6. The minimum absolute atomic E-state index is 0.0994. The monoisotopic (exact) mass is 362 g/mol. The van der Waals surface area contributed by atoms with E-state index >= 15 is 0 Å². The van der Waals surface area contributed by atoms with Crippen LogP contribution in [0.15, 0.2) is 4.99 Å². The Balaban J connectivity index is 2.16. The van der Waals surface area contributed by atoms with Gasteiger partial charge in [-0.05, 0) is 33.1 Å². The highest BCUT2D eigenvalue weighted by atomic mass is 32.2. The fourth-order valence-electron chi connectivity index (χ4n) is 2.57. The number of nitrogens with zero attached hydrogens (tertiary/aromatic N) is 1. The van der Waals surface area contributed by atoms with E-state index < -0.39 is 10.0 Å². The van der Waals surface area contributed by atoms with Crippen molar-refractivity contribution in [3.63, 3.8) is 0 Å². The average molecular weight is 363 g/mol. The van der Waals surface area contributed by atoms with Crippen molar-refractivity contribution in [2.24, 2.45) is 4.99 Å². The van der Waals surface area contributed by atoms with Crippen LogP contribution in [0.2, 0.25) is 0 Å². The van der Waals surface area contributed by atoms with Crippen LogP contribution in [0, 0.1) is 0 Å². The molecule has 1 aliphatic rings. The Kier molecular flexibility index (Phi) is 11.0. The van der Waals surface area contributed by atoms with Crippen LogP contribution in [-0.2, 0) is 14.8 Å². The van der Waals surface area contributed by atoms with Gasteiger partial charge in [0, 0.05) is 32.8 Å². The third-order valence-corrected chi connectivity index (χ3v) is 5.35. The fraction of sp³-hybridized carbons (Fsp3) is 0.938. The third kappa shape index (κ3) is 10.1. The molecule has 1 saturated carbocycles. The van der Waals surface area contributed by atoms with Gasteiger partial charge in [-0.25, -0.2) is 13.1 Å². The van der Waals surface area contributed by atoms with Crippen LogP contribution >= 0.6 is 0 Å². The smallest absolute Gasteiger partial charge is 0.211 e. The van der Waals surface area contributed by atoms with Gasteiger partial charge in [-0.15, -0.1) is 0 Å². The van der Waals surface area contributed by atoms with Crippen molar-refractivity contribution >= 4 is 16.0 Å². The van der Waals surface area contributed by atoms with E-state index in [4.69, 9.17) is 4.74 Å². The second-order valence-electron chi connectivity index (χ2n) is 5.97. The Labute approximate surface area is 147 Å². The van der Waals surface area contributed by atoms with Crippen LogP contribution in [0.3, 0.4) is 0 Å². The molecule has 24 heavy (non-hydrogen) atoms. The van der Waals surface area contributed by atoms with Crippen molar-refractivity contribution in [3.8, 4) is 0 Å². The number of ether oxygens (including phenoxy) is 1. The molecule has 0 spiro atoms. The van der Waals surface area contributed by atoms with E-state index in [0.717, 1.165) is 19.6 Å². The predicted molar refractivity (Wildman–Crippen MR) is 98.9 cm³/mol. The number of hydrogen-bond donors (Lipinski definition) is 3. The predicted octanol–water partition coefficient (Wildman–Crippen LogP) is 1.22. The molecule has 0 aromatic rings. The van der Waals surface area contributed by atoms with Gasteiger partial charge in [0.25, 0.3) is 0 Å². The van der Waals surface area contributed by atoms with Crippen LogP contribution in [0.5, 0.6) is 0 Å². The molecule has 0 amide bonds. The molecule has 0 aliphatic heterocycles. The van der Waals surface area contributed by atoms with Gasteiger partial charge in [0.05, 0.1) is 11.9 Å². The van der Waals surface area contributed by atoms with Gasteiger partial charge in [0.1, 0.15) is 0 Å². The summed E-state index contributed by atoms with van der Waals surface area (Å²) in [6, 6.07) is 0. The van der Waals surface area contributed by atoms with Gasteiger partial charge in [0.15, 0.2) is 5.96 Å². The molecule has 142 valence electrons. The number of guanidine groups is 1. The largest absolute Gasteiger partial charge is 0.378 e. The first-order valence-corrected chi connectivity index (χ1v) is 10.8. The zero-order chi connectivity index (χ0) is 17.7. The number of hydrogen-bond acceptors (Lipinski definition) is 4. The Hall–Kier alpha value is -0.860. The van der Waals surface area contributed by atoms with E-state index in [9.17, 15) is 8.42 Å². The first kappa shape index (κ1) is 21.2. The molecule has 0 saturated heterocycles. The molecule has 7 nitrogen and oxygen atoms in total. The lowest BCUT2D eigenvalue weighted by atomic mass is 9.98. The van der Waals surface area contributed by atoms with Crippen molar-refractivity contribution in [2.45, 2.75) is 58.5 Å². The molecule has 0 heterocycles. The molecule has 0 aromatic heterocycles. The molecule has 1 fully saturated rings. The lowest BCUT2D eigenvalue weighted by Crippen LogP contribution is -2.41. The molecular weight excluding hydrogens is 328 g/mol. The lowest BCUT2D eigenvalue weighted by Gasteiger charge is -2.21. The van der Waals surface area contributed by atoms with Gasteiger partial charge in [-0.2, -0.15) is 0 Å². The quantitative estimate of drug-likeness (QED) is 0.292. The number of nitrogens with one attached hydrogen (secondary N) is 3. The maximum atomic E-state index is 11.3. The summed E-state index contributed by atoms with van der Waals surface area (Å²) in [6.07, 6.45) is 7.66. The maximum absolute atomic E-state index is 11.3. The van der Waals surface area contributed by atoms with Crippen LogP contribution in [0.25, 0.3) is 0 Å². The molecule has 0 aromatic carbocycles. The standard InChI is InChI=1S/C16H34N4O3S/c1-3-17-16(19-12-13-20-24(21,22)4-2)18-11-8-14-23-15-9-6-5-7-10-15/h15,20H,3-14H2,1-2H3,(H2,17,18,19). The van der Waals surface area contributed by atoms with E-state index in [1.807, 2.05) is 6.92 Å². The Bertz CT molecular complexity index is 448. The highest BCUT2D eigenvalue weighted by Gasteiger charge is 2.12. The average Bonchev–Trinajstić information content (AvgIpc) is 2.59. The highest BCUT2D eigenvalue weighted by molar-refractivity contribution is 7.89. The van der Waals surface area contributed by atoms with Gasteiger partial charge >= 0.3 is 0 Å². The summed E-state index contributed by atoms with van der Waals surface area (Å²) in [5, 5.41) is 6.28. The maximum Gasteiger partial charge on any atom is 0.211 e. The summed E-state index contributed by atoms with van der Waals surface area (Å²) in [4.78, 5) is 4.49. The van der Waals surface area contributed by atoms with Crippen molar-refractivity contribution in [1.82, 2.24) is 15.4 Å². The molecule has 0 radical (unpaired) electrons. The minimum Gasteiger partial charge on any atom is -0.378 e. The normalized spacial score (nSPS) is 17.0. The summed E-state index contributed by atoms with van der Waals surface area (Å²) in [5.74, 6) is 0.813. The fourth-order valence-corrected chi connectivity index (χ4v) is 3.19. The Morgan fingerprint density at radius 2 is 1.88 bits per heavy atom. The molecule has 0 bridgehead atoms. The lowest BCUT2D eigenvalue weighted by molar-refractivity contribution is 0.0281. The van der Waals surface area contributed by atoms with E-state index in [-0.39, 0.29) is 5.75 Å². The summed E-state index contributed by atoms with van der Waals surface area (Å²) in [7, 11) is -3.13. The summed E-state index contributed by atoms with van der Waals surface area (Å²) in [5.41, 5.74) is 0. The molecular formula is C16H34N4O3S. The Morgan fingerprint density at radius 3 is 2.54 bits per heavy atom. The van der Waals surface area contributed by atoms with Crippen LogP contribution in [0.4, 0.5) is 0 Å². The van der Waals surface area contributed by atoms with Crippen LogP contribution < -0.4 is 15.4 Å². The zero-order valence-electron chi connectivity index (χ0n) is 15.1. The molecule has 1 aliphatic carbocycles. The SMILES string of the molecule is CCNC(=NCCCOC1CCCCC1)NCCNS(=O)(=O)CC. The van der Waals surface area contributed by atoms with Crippen molar-refractivity contribution < 1.29 is 13.2 Å². The van der Waals surface area contributed by atoms with Crippen molar-refractivity contribution in [1.29, 1.82) is 0 Å². The van der Waals surface area contributed by atoms with Gasteiger partial charge in [-0.3, -0.25) is 4.99 Å². The number of aliphatic imine (C=N–C) groups is 1. The van der Waals surface area contributed by atoms with Crippen molar-refractivity contribution in [3.05, 3.63) is 0 Å². The molecule has 8 heteroatoms. The number of sulfonamides is 1. The van der Waals surface area contributed by atoms with Gasteiger partial charge in [-0.1, -0.05) is 19.3 Å². The summed E-state index contributed by atoms with van der Waals surface area (Å²) in [6.45, 7) is 6.70. The topological polar surface area (TPSA) is 91.8 Å². The van der Waals surface area contributed by atoms with E-state index in [1.165, 1.54) is 32.1 Å². The second-order valence-corrected chi connectivity index (χ2v) is 8.07. The van der Waals surface area contributed by atoms with Gasteiger partial charge < -0.3 is 15.4 Å². The van der Waals surface area contributed by atoms with E-state index in [2.05, 4.69) is 20.3 Å². The van der Waals surface area contributed by atoms with Crippen LogP contribution in [-0.4, -0.2) is 59.0 Å².